The number of aliphatic imine (C=N–C) groups is 1. The first-order valence-corrected chi connectivity index (χ1v) is 9.47. The molecule has 2 rings (SSSR count). The maximum absolute atomic E-state index is 12.0. The molecule has 26 heavy (non-hydrogen) atoms. The minimum Gasteiger partial charge on any atom is -0.356 e. The second kappa shape index (κ2) is 9.86. The fourth-order valence-electron chi connectivity index (χ4n) is 2.09. The molecule has 2 heterocycles. The molecule has 0 fully saturated rings. The first kappa shape index (κ1) is 19.8. The van der Waals surface area contributed by atoms with Crippen LogP contribution in [0, 0.1) is 6.92 Å². The van der Waals surface area contributed by atoms with E-state index in [1.807, 2.05) is 13.0 Å². The second-order valence-corrected chi connectivity index (χ2v) is 7.13. The van der Waals surface area contributed by atoms with E-state index in [0.717, 1.165) is 16.3 Å². The van der Waals surface area contributed by atoms with E-state index in [4.69, 9.17) is 0 Å². The molecule has 8 heteroatoms. The summed E-state index contributed by atoms with van der Waals surface area (Å²) in [6.45, 7) is 7.30. The highest BCUT2D eigenvalue weighted by atomic mass is 32.1. The topological polar surface area (TPSA) is 91.3 Å². The van der Waals surface area contributed by atoms with Crippen LogP contribution in [-0.4, -0.2) is 35.4 Å². The van der Waals surface area contributed by atoms with Gasteiger partial charge in [0.2, 0.25) is 5.91 Å². The lowest BCUT2D eigenvalue weighted by Gasteiger charge is -2.11. The molecule has 2 aromatic heterocycles. The Morgan fingerprint density at radius 3 is 2.73 bits per heavy atom. The maximum Gasteiger partial charge on any atom is 0.227 e. The summed E-state index contributed by atoms with van der Waals surface area (Å²) in [6.07, 6.45) is 2.05. The Labute approximate surface area is 158 Å². The average Bonchev–Trinajstić information content (AvgIpc) is 3.09. The summed E-state index contributed by atoms with van der Waals surface area (Å²) in [5.74, 6) is 1.55. The summed E-state index contributed by atoms with van der Waals surface area (Å²) in [5, 5.41) is 12.2. The third kappa shape index (κ3) is 6.44. The highest BCUT2D eigenvalue weighted by molar-refractivity contribution is 7.09. The fraction of sp³-hybridized carbons (Fsp3) is 0.444. The number of pyridine rings is 1. The van der Waals surface area contributed by atoms with Crippen LogP contribution < -0.4 is 16.0 Å². The van der Waals surface area contributed by atoms with Crippen molar-refractivity contribution in [1.29, 1.82) is 0 Å². The van der Waals surface area contributed by atoms with Gasteiger partial charge < -0.3 is 16.0 Å². The summed E-state index contributed by atoms with van der Waals surface area (Å²) in [4.78, 5) is 24.9. The lowest BCUT2D eigenvalue weighted by molar-refractivity contribution is -0.116. The van der Waals surface area contributed by atoms with Crippen molar-refractivity contribution in [3.63, 3.8) is 0 Å². The predicted octanol–water partition coefficient (Wildman–Crippen LogP) is 2.66. The summed E-state index contributed by atoms with van der Waals surface area (Å²) >= 11 is 1.63. The van der Waals surface area contributed by atoms with Gasteiger partial charge in [-0.25, -0.2) is 9.97 Å². The van der Waals surface area contributed by atoms with E-state index in [2.05, 4.69) is 50.1 Å². The first-order chi connectivity index (χ1) is 12.5. The molecular formula is C18H26N6OS. The number of amides is 1. The number of thiazole rings is 1. The highest BCUT2D eigenvalue weighted by Crippen LogP contribution is 2.17. The van der Waals surface area contributed by atoms with Crippen molar-refractivity contribution in [2.45, 2.75) is 39.7 Å². The number of carbonyl (C=O) groups is 1. The molecule has 0 atom stereocenters. The van der Waals surface area contributed by atoms with Crippen LogP contribution >= 0.6 is 11.3 Å². The molecule has 0 spiro atoms. The molecule has 140 valence electrons. The molecule has 2 aromatic rings. The zero-order chi connectivity index (χ0) is 18.9. The number of hydrogen-bond acceptors (Lipinski definition) is 5. The van der Waals surface area contributed by atoms with Crippen LogP contribution in [0.5, 0.6) is 0 Å². The molecule has 0 radical (unpaired) electrons. The van der Waals surface area contributed by atoms with Gasteiger partial charge in [-0.2, -0.15) is 0 Å². The highest BCUT2D eigenvalue weighted by Gasteiger charge is 2.07. The molecule has 0 saturated carbocycles. The van der Waals surface area contributed by atoms with Gasteiger partial charge in [0.05, 0.1) is 12.2 Å². The molecule has 0 saturated heterocycles. The zero-order valence-electron chi connectivity index (χ0n) is 15.7. The molecule has 1 amide bonds. The Balaban J connectivity index is 1.70. The zero-order valence-corrected chi connectivity index (χ0v) is 16.5. The summed E-state index contributed by atoms with van der Waals surface area (Å²) < 4.78 is 0. The minimum absolute atomic E-state index is 0.0918. The van der Waals surface area contributed by atoms with Crippen LogP contribution in [0.1, 0.15) is 42.5 Å². The van der Waals surface area contributed by atoms with E-state index in [0.29, 0.717) is 37.2 Å². The molecule has 0 aromatic carbocycles. The van der Waals surface area contributed by atoms with Crippen molar-refractivity contribution < 1.29 is 4.79 Å². The van der Waals surface area contributed by atoms with Gasteiger partial charge in [-0.1, -0.05) is 19.9 Å². The number of aryl methyl sites for hydroxylation is 1. The van der Waals surface area contributed by atoms with Gasteiger partial charge >= 0.3 is 0 Å². The minimum atomic E-state index is -0.0918. The molecular weight excluding hydrogens is 348 g/mol. The van der Waals surface area contributed by atoms with Gasteiger partial charge in [0.25, 0.3) is 0 Å². The van der Waals surface area contributed by atoms with Crippen molar-refractivity contribution >= 4 is 29.0 Å². The van der Waals surface area contributed by atoms with Gasteiger partial charge in [0.15, 0.2) is 5.96 Å². The Hall–Kier alpha value is -2.48. The third-order valence-corrected chi connectivity index (χ3v) is 4.48. The molecule has 0 unspecified atom stereocenters. The van der Waals surface area contributed by atoms with Crippen molar-refractivity contribution in [2.75, 3.05) is 18.9 Å². The van der Waals surface area contributed by atoms with Crippen LogP contribution in [0.15, 0.2) is 28.7 Å². The smallest absolute Gasteiger partial charge is 0.227 e. The number of aromatic nitrogens is 2. The van der Waals surface area contributed by atoms with E-state index in [1.54, 1.807) is 30.6 Å². The number of carbonyl (C=O) groups excluding carboxylic acids is 1. The number of nitrogens with zero attached hydrogens (tertiary/aromatic N) is 3. The van der Waals surface area contributed by atoms with Crippen LogP contribution in [0.3, 0.4) is 0 Å². The van der Waals surface area contributed by atoms with Gasteiger partial charge in [0.1, 0.15) is 10.8 Å². The number of anilines is 1. The molecule has 0 bridgehead atoms. The summed E-state index contributed by atoms with van der Waals surface area (Å²) in [7, 11) is 1.70. The number of nitrogens with one attached hydrogen (secondary N) is 3. The summed E-state index contributed by atoms with van der Waals surface area (Å²) in [5.41, 5.74) is 2.16. The van der Waals surface area contributed by atoms with Gasteiger partial charge in [0, 0.05) is 31.6 Å². The second-order valence-electron chi connectivity index (χ2n) is 6.19. The van der Waals surface area contributed by atoms with Gasteiger partial charge in [-0.15, -0.1) is 11.3 Å². The van der Waals surface area contributed by atoms with Crippen molar-refractivity contribution in [3.05, 3.63) is 40.0 Å². The summed E-state index contributed by atoms with van der Waals surface area (Å²) in [6, 6.07) is 3.70. The predicted molar refractivity (Wildman–Crippen MR) is 107 cm³/mol. The van der Waals surface area contributed by atoms with Crippen LogP contribution in [0.25, 0.3) is 0 Å². The molecule has 3 N–H and O–H groups in total. The lowest BCUT2D eigenvalue weighted by atomic mass is 10.2. The van der Waals surface area contributed by atoms with Crippen molar-refractivity contribution in [3.8, 4) is 0 Å². The van der Waals surface area contributed by atoms with Gasteiger partial charge in [-0.05, 0) is 24.5 Å². The normalized spacial score (nSPS) is 11.5. The molecule has 0 aliphatic heterocycles. The SMILES string of the molecule is CN=C(NCCC(=O)Nc1ccc(C)cn1)NCc1nc(C(C)C)cs1. The van der Waals surface area contributed by atoms with E-state index < -0.39 is 0 Å². The van der Waals surface area contributed by atoms with Crippen molar-refractivity contribution in [1.82, 2.24) is 20.6 Å². The molecule has 0 aliphatic rings. The largest absolute Gasteiger partial charge is 0.356 e. The van der Waals surface area contributed by atoms with Crippen LogP contribution in [0.4, 0.5) is 5.82 Å². The van der Waals surface area contributed by atoms with E-state index in [1.165, 1.54) is 0 Å². The Kier molecular flexibility index (Phi) is 7.53. The Morgan fingerprint density at radius 1 is 1.31 bits per heavy atom. The van der Waals surface area contributed by atoms with Crippen molar-refractivity contribution in [2.24, 2.45) is 4.99 Å². The third-order valence-electron chi connectivity index (χ3n) is 3.62. The number of guanidine groups is 1. The van der Waals surface area contributed by atoms with Crippen LogP contribution in [0.2, 0.25) is 0 Å². The van der Waals surface area contributed by atoms with E-state index in [-0.39, 0.29) is 5.91 Å². The average molecular weight is 375 g/mol. The van der Waals surface area contributed by atoms with Crippen LogP contribution in [-0.2, 0) is 11.3 Å². The monoisotopic (exact) mass is 374 g/mol. The fourth-order valence-corrected chi connectivity index (χ4v) is 2.99. The van der Waals surface area contributed by atoms with E-state index in [9.17, 15) is 4.79 Å². The standard InChI is InChI=1S/C18H26N6OS/c1-12(2)14-11-26-17(23-14)10-22-18(19-4)20-8-7-16(25)24-15-6-5-13(3)9-21-15/h5-6,9,11-12H,7-8,10H2,1-4H3,(H2,19,20,22)(H,21,24,25). The Morgan fingerprint density at radius 2 is 2.12 bits per heavy atom. The Bertz CT molecular complexity index is 738. The maximum atomic E-state index is 12.0. The van der Waals surface area contributed by atoms with Gasteiger partial charge in [-0.3, -0.25) is 9.79 Å². The number of hydrogen-bond donors (Lipinski definition) is 3. The first-order valence-electron chi connectivity index (χ1n) is 8.59. The molecule has 7 nitrogen and oxygen atoms in total. The quantitative estimate of drug-likeness (QED) is 0.512. The van der Waals surface area contributed by atoms with E-state index >= 15 is 0 Å². The number of rotatable bonds is 7. The molecule has 0 aliphatic carbocycles. The lowest BCUT2D eigenvalue weighted by Crippen LogP contribution is -2.38.